The summed E-state index contributed by atoms with van der Waals surface area (Å²) in [5.74, 6) is 0.962. The molecular formula is C6H12ClNOS. The van der Waals surface area contributed by atoms with Gasteiger partial charge in [0.15, 0.2) is 0 Å². The van der Waals surface area contributed by atoms with Crippen molar-refractivity contribution >= 4 is 28.6 Å². The van der Waals surface area contributed by atoms with Crippen LogP contribution in [-0.4, -0.2) is 30.3 Å². The molecule has 1 N–H and O–H groups in total. The summed E-state index contributed by atoms with van der Waals surface area (Å²) >= 11 is 6.98. The first kappa shape index (κ1) is 10.3. The van der Waals surface area contributed by atoms with Crippen molar-refractivity contribution in [1.29, 1.82) is 0 Å². The lowest BCUT2D eigenvalue weighted by atomic mass is 10.2. The van der Waals surface area contributed by atoms with Gasteiger partial charge in [-0.15, -0.1) is 0 Å². The minimum Gasteiger partial charge on any atom is -0.309 e. The van der Waals surface area contributed by atoms with Crippen LogP contribution in [0.2, 0.25) is 0 Å². The zero-order chi connectivity index (χ0) is 7.98. The Balaban J connectivity index is 3.50. The van der Waals surface area contributed by atoms with Gasteiger partial charge in [0.1, 0.15) is 0 Å². The molecular weight excluding hydrogens is 170 g/mol. The second-order valence-corrected chi connectivity index (χ2v) is 3.28. The molecule has 60 valence electrons. The van der Waals surface area contributed by atoms with E-state index < -0.39 is 0 Å². The molecule has 1 unspecified atom stereocenters. The predicted molar refractivity (Wildman–Crippen MR) is 46.7 cm³/mol. The number of hydrogen-bond acceptors (Lipinski definition) is 3. The molecule has 2 nitrogen and oxygen atoms in total. The lowest BCUT2D eigenvalue weighted by molar-refractivity contribution is -0.113. The van der Waals surface area contributed by atoms with Gasteiger partial charge in [-0.3, -0.25) is 4.79 Å². The molecule has 0 bridgehead atoms. The quantitative estimate of drug-likeness (QED) is 0.644. The molecule has 0 heterocycles. The highest BCUT2D eigenvalue weighted by Gasteiger charge is 2.11. The van der Waals surface area contributed by atoms with Gasteiger partial charge in [-0.2, -0.15) is 11.8 Å². The molecule has 0 radical (unpaired) electrons. The van der Waals surface area contributed by atoms with Crippen LogP contribution in [0.3, 0.4) is 0 Å². The van der Waals surface area contributed by atoms with E-state index in [9.17, 15) is 4.79 Å². The van der Waals surface area contributed by atoms with Crippen LogP contribution in [-0.2, 0) is 4.79 Å². The van der Waals surface area contributed by atoms with Gasteiger partial charge in [0.2, 0.25) is 5.24 Å². The monoisotopic (exact) mass is 181 g/mol. The molecule has 0 rings (SSSR count). The SMILES string of the molecule is CNC(CCSC)C(=O)Cl. The van der Waals surface area contributed by atoms with Crippen LogP contribution in [0.15, 0.2) is 0 Å². The molecule has 0 spiro atoms. The minimum atomic E-state index is -0.295. The number of nitrogens with one attached hydrogen (secondary N) is 1. The largest absolute Gasteiger partial charge is 0.309 e. The van der Waals surface area contributed by atoms with Gasteiger partial charge in [0.25, 0.3) is 0 Å². The zero-order valence-electron chi connectivity index (χ0n) is 6.19. The van der Waals surface area contributed by atoms with Crippen LogP contribution >= 0.6 is 23.4 Å². The van der Waals surface area contributed by atoms with Crippen molar-refractivity contribution < 1.29 is 4.79 Å². The van der Waals surface area contributed by atoms with Crippen molar-refractivity contribution in [2.24, 2.45) is 0 Å². The molecule has 0 fully saturated rings. The number of carbonyl (C=O) groups excluding carboxylic acids is 1. The third-order valence-electron chi connectivity index (χ3n) is 1.23. The molecule has 1 atom stereocenters. The average molecular weight is 182 g/mol. The van der Waals surface area contributed by atoms with E-state index in [1.54, 1.807) is 18.8 Å². The molecule has 10 heavy (non-hydrogen) atoms. The molecule has 0 saturated heterocycles. The van der Waals surface area contributed by atoms with Gasteiger partial charge in [-0.05, 0) is 37.1 Å². The summed E-state index contributed by atoms with van der Waals surface area (Å²) in [5, 5.41) is 2.55. The fourth-order valence-electron chi connectivity index (χ4n) is 0.607. The maximum atomic E-state index is 10.6. The van der Waals surface area contributed by atoms with Crippen molar-refractivity contribution in [3.05, 3.63) is 0 Å². The number of thioether (sulfide) groups is 1. The predicted octanol–water partition coefficient (Wildman–Crippen LogP) is 1.09. The van der Waals surface area contributed by atoms with Crippen LogP contribution in [0.1, 0.15) is 6.42 Å². The standard InChI is InChI=1S/C6H12ClNOS/c1-8-5(6(7)9)3-4-10-2/h5,8H,3-4H2,1-2H3. The van der Waals surface area contributed by atoms with Gasteiger partial charge >= 0.3 is 0 Å². The Morgan fingerprint density at radius 1 is 1.80 bits per heavy atom. The Labute approximate surface area is 70.7 Å². The number of halogens is 1. The van der Waals surface area contributed by atoms with Crippen LogP contribution in [0.4, 0.5) is 0 Å². The molecule has 0 aliphatic carbocycles. The average Bonchev–Trinajstić information content (AvgIpc) is 1.89. The van der Waals surface area contributed by atoms with Crippen LogP contribution in [0, 0.1) is 0 Å². The zero-order valence-corrected chi connectivity index (χ0v) is 7.76. The Morgan fingerprint density at radius 2 is 2.40 bits per heavy atom. The maximum Gasteiger partial charge on any atom is 0.238 e. The summed E-state index contributed by atoms with van der Waals surface area (Å²) in [5.41, 5.74) is 0. The van der Waals surface area contributed by atoms with E-state index in [4.69, 9.17) is 11.6 Å². The van der Waals surface area contributed by atoms with Gasteiger partial charge < -0.3 is 5.32 Å². The Hall–Kier alpha value is 0.270. The molecule has 0 saturated carbocycles. The number of carbonyl (C=O) groups is 1. The van der Waals surface area contributed by atoms with Gasteiger partial charge in [0, 0.05) is 0 Å². The van der Waals surface area contributed by atoms with E-state index in [1.807, 2.05) is 6.26 Å². The lowest BCUT2D eigenvalue weighted by Crippen LogP contribution is -2.31. The first-order valence-electron chi connectivity index (χ1n) is 3.08. The Bertz CT molecular complexity index is 110. The molecule has 4 heteroatoms. The minimum absolute atomic E-state index is 0.172. The summed E-state index contributed by atoms with van der Waals surface area (Å²) in [4.78, 5) is 10.6. The van der Waals surface area contributed by atoms with Crippen molar-refractivity contribution in [3.8, 4) is 0 Å². The van der Waals surface area contributed by atoms with Crippen LogP contribution in [0.25, 0.3) is 0 Å². The van der Waals surface area contributed by atoms with E-state index in [2.05, 4.69) is 5.32 Å². The summed E-state index contributed by atoms with van der Waals surface area (Å²) in [6.07, 6.45) is 2.81. The first-order chi connectivity index (χ1) is 4.72. The van der Waals surface area contributed by atoms with Crippen LogP contribution < -0.4 is 5.32 Å². The van der Waals surface area contributed by atoms with E-state index in [1.165, 1.54) is 0 Å². The molecule has 0 aliphatic heterocycles. The van der Waals surface area contributed by atoms with E-state index in [0.717, 1.165) is 12.2 Å². The third-order valence-corrected chi connectivity index (χ3v) is 2.14. The molecule has 0 aromatic carbocycles. The second kappa shape index (κ2) is 6.01. The van der Waals surface area contributed by atoms with Gasteiger partial charge in [0.05, 0.1) is 6.04 Å². The molecule has 0 aliphatic rings. The fraction of sp³-hybridized carbons (Fsp3) is 0.833. The number of hydrogen-bond donors (Lipinski definition) is 1. The summed E-state index contributed by atoms with van der Waals surface area (Å²) in [6.45, 7) is 0. The smallest absolute Gasteiger partial charge is 0.238 e. The summed E-state index contributed by atoms with van der Waals surface area (Å²) < 4.78 is 0. The van der Waals surface area contributed by atoms with Crippen molar-refractivity contribution in [3.63, 3.8) is 0 Å². The van der Waals surface area contributed by atoms with Crippen molar-refractivity contribution in [1.82, 2.24) is 5.32 Å². The van der Waals surface area contributed by atoms with Gasteiger partial charge in [-0.1, -0.05) is 0 Å². The van der Waals surface area contributed by atoms with E-state index >= 15 is 0 Å². The third kappa shape index (κ3) is 4.14. The summed E-state index contributed by atoms with van der Waals surface area (Å²) in [7, 11) is 1.74. The second-order valence-electron chi connectivity index (χ2n) is 1.93. The number of likely N-dealkylation sites (N-methyl/N-ethyl adjacent to an activating group) is 1. The molecule has 0 aromatic rings. The van der Waals surface area contributed by atoms with Crippen molar-refractivity contribution in [2.45, 2.75) is 12.5 Å². The van der Waals surface area contributed by atoms with E-state index in [0.29, 0.717) is 0 Å². The Morgan fingerprint density at radius 3 is 2.70 bits per heavy atom. The molecule has 0 aromatic heterocycles. The van der Waals surface area contributed by atoms with Crippen LogP contribution in [0.5, 0.6) is 0 Å². The normalized spacial score (nSPS) is 13.1. The molecule has 0 amide bonds. The topological polar surface area (TPSA) is 29.1 Å². The number of rotatable bonds is 5. The fourth-order valence-corrected chi connectivity index (χ4v) is 1.30. The highest BCUT2D eigenvalue weighted by atomic mass is 35.5. The highest BCUT2D eigenvalue weighted by molar-refractivity contribution is 7.98. The summed E-state index contributed by atoms with van der Waals surface area (Å²) in [6, 6.07) is -0.172. The first-order valence-corrected chi connectivity index (χ1v) is 4.85. The lowest BCUT2D eigenvalue weighted by Gasteiger charge is -2.08. The van der Waals surface area contributed by atoms with E-state index in [-0.39, 0.29) is 11.3 Å². The van der Waals surface area contributed by atoms with Gasteiger partial charge in [-0.25, -0.2) is 0 Å². The maximum absolute atomic E-state index is 10.6. The highest BCUT2D eigenvalue weighted by Crippen LogP contribution is 2.02. The van der Waals surface area contributed by atoms with Crippen molar-refractivity contribution in [2.75, 3.05) is 19.1 Å². The Kier molecular flexibility index (Phi) is 6.17.